The van der Waals surface area contributed by atoms with Crippen molar-refractivity contribution in [1.82, 2.24) is 10.2 Å². The van der Waals surface area contributed by atoms with Gasteiger partial charge in [0, 0.05) is 31.1 Å². The van der Waals surface area contributed by atoms with Crippen molar-refractivity contribution >= 4 is 18.3 Å². The zero-order valence-electron chi connectivity index (χ0n) is 15.1. The summed E-state index contributed by atoms with van der Waals surface area (Å²) in [4.78, 5) is 14.7. The minimum Gasteiger partial charge on any atom is -0.508 e. The van der Waals surface area contributed by atoms with Gasteiger partial charge >= 0.3 is 0 Å². The maximum absolute atomic E-state index is 12.9. The summed E-state index contributed by atoms with van der Waals surface area (Å²) >= 11 is 0. The number of phenolic OH excluding ortho intramolecular Hbond substituents is 1. The number of aromatic hydroxyl groups is 1. The summed E-state index contributed by atoms with van der Waals surface area (Å²) in [5.74, 6) is 0.364. The molecule has 0 bridgehead atoms. The van der Waals surface area contributed by atoms with Crippen LogP contribution < -0.4 is 5.32 Å². The van der Waals surface area contributed by atoms with Crippen molar-refractivity contribution in [1.29, 1.82) is 0 Å². The van der Waals surface area contributed by atoms with E-state index in [4.69, 9.17) is 0 Å². The van der Waals surface area contributed by atoms with Gasteiger partial charge in [0.05, 0.1) is 5.60 Å². The highest BCUT2D eigenvalue weighted by Crippen LogP contribution is 2.33. The van der Waals surface area contributed by atoms with E-state index in [0.29, 0.717) is 25.1 Å². The molecule has 27 heavy (non-hydrogen) atoms. The monoisotopic (exact) mass is 388 g/mol. The van der Waals surface area contributed by atoms with Crippen LogP contribution in [0.25, 0.3) is 11.1 Å². The molecule has 3 N–H and O–H groups in total. The van der Waals surface area contributed by atoms with Gasteiger partial charge in [-0.05, 0) is 54.8 Å². The first-order valence-electron chi connectivity index (χ1n) is 9.17. The second-order valence-corrected chi connectivity index (χ2v) is 7.38. The van der Waals surface area contributed by atoms with E-state index in [1.165, 1.54) is 0 Å². The van der Waals surface area contributed by atoms with E-state index < -0.39 is 5.60 Å². The van der Waals surface area contributed by atoms with Crippen molar-refractivity contribution < 1.29 is 15.0 Å². The Kier molecular flexibility index (Phi) is 5.75. The molecule has 6 heteroatoms. The quantitative estimate of drug-likeness (QED) is 0.739. The Balaban J connectivity index is 0.00000210. The molecule has 0 spiro atoms. The predicted octanol–water partition coefficient (Wildman–Crippen LogP) is 2.67. The van der Waals surface area contributed by atoms with E-state index in [9.17, 15) is 15.0 Å². The van der Waals surface area contributed by atoms with Crippen LogP contribution in [0.15, 0.2) is 48.5 Å². The maximum atomic E-state index is 12.9. The number of halogens is 1. The third-order valence-electron chi connectivity index (χ3n) is 5.76. The van der Waals surface area contributed by atoms with Crippen molar-refractivity contribution in [2.75, 3.05) is 26.2 Å². The summed E-state index contributed by atoms with van der Waals surface area (Å²) < 4.78 is 0. The number of benzene rings is 2. The number of fused-ring (bicyclic) bond motifs is 1. The lowest BCUT2D eigenvalue weighted by molar-refractivity contribution is -0.0817. The Morgan fingerprint density at radius 2 is 1.67 bits per heavy atom. The van der Waals surface area contributed by atoms with Crippen molar-refractivity contribution in [2.45, 2.75) is 18.4 Å². The van der Waals surface area contributed by atoms with Crippen molar-refractivity contribution in [3.8, 4) is 16.9 Å². The van der Waals surface area contributed by atoms with Crippen LogP contribution in [0.1, 0.15) is 23.2 Å². The van der Waals surface area contributed by atoms with Crippen LogP contribution in [-0.4, -0.2) is 52.8 Å². The van der Waals surface area contributed by atoms with Crippen LogP contribution in [0, 0.1) is 5.92 Å². The van der Waals surface area contributed by atoms with Crippen molar-refractivity contribution in [2.24, 2.45) is 5.92 Å². The number of likely N-dealkylation sites (tertiary alicyclic amines) is 1. The molecule has 1 amide bonds. The molecule has 144 valence electrons. The Morgan fingerprint density at radius 1 is 1.04 bits per heavy atom. The number of aliphatic hydroxyl groups is 1. The lowest BCUT2D eigenvalue weighted by Crippen LogP contribution is -2.59. The van der Waals surface area contributed by atoms with Gasteiger partial charge in [-0.25, -0.2) is 0 Å². The van der Waals surface area contributed by atoms with Crippen molar-refractivity contribution in [3.05, 3.63) is 54.1 Å². The molecule has 4 rings (SSSR count). The van der Waals surface area contributed by atoms with E-state index in [1.807, 2.05) is 41.3 Å². The summed E-state index contributed by atoms with van der Waals surface area (Å²) in [6.07, 6.45) is 1.41. The Hall–Kier alpha value is -2.08. The SMILES string of the molecule is Cl.O=C(c1ccc(-c2ccc(O)cc2)cc1)N1CC[C@@]2(O)CCNC[C@H]2C1. The second kappa shape index (κ2) is 7.89. The summed E-state index contributed by atoms with van der Waals surface area (Å²) in [6, 6.07) is 14.6. The average molecular weight is 389 g/mol. The van der Waals surface area contributed by atoms with Crippen LogP contribution in [-0.2, 0) is 0 Å². The van der Waals surface area contributed by atoms with Gasteiger partial charge in [0.1, 0.15) is 5.75 Å². The zero-order valence-corrected chi connectivity index (χ0v) is 15.9. The molecule has 2 aromatic rings. The third kappa shape index (κ3) is 3.95. The first kappa shape index (κ1) is 19.7. The summed E-state index contributed by atoms with van der Waals surface area (Å²) in [6.45, 7) is 2.81. The molecule has 0 radical (unpaired) electrons. The number of phenols is 1. The van der Waals surface area contributed by atoms with E-state index in [2.05, 4.69) is 5.32 Å². The number of nitrogens with one attached hydrogen (secondary N) is 1. The van der Waals surface area contributed by atoms with Gasteiger partial charge in [0.25, 0.3) is 5.91 Å². The second-order valence-electron chi connectivity index (χ2n) is 7.38. The number of rotatable bonds is 2. The standard InChI is InChI=1S/C21H24N2O3.ClH/c24-19-7-5-16(6-8-19)15-1-3-17(4-2-15)20(25)23-12-10-21(26)9-11-22-13-18(21)14-23;/h1-8,18,22,24,26H,9-14H2;1H/t18-,21-;/m0./s1. The summed E-state index contributed by atoms with van der Waals surface area (Å²) in [5, 5.41) is 23.5. The molecular formula is C21H25ClN2O3. The fourth-order valence-electron chi connectivity index (χ4n) is 4.05. The molecule has 0 aromatic heterocycles. The lowest BCUT2D eigenvalue weighted by atomic mass is 9.76. The Bertz CT molecular complexity index is 794. The van der Waals surface area contributed by atoms with E-state index >= 15 is 0 Å². The third-order valence-corrected chi connectivity index (χ3v) is 5.76. The molecule has 2 aliphatic heterocycles. The number of carbonyl (C=O) groups is 1. The highest BCUT2D eigenvalue weighted by atomic mass is 35.5. The smallest absolute Gasteiger partial charge is 0.253 e. The fraction of sp³-hybridized carbons (Fsp3) is 0.381. The van der Waals surface area contributed by atoms with E-state index in [-0.39, 0.29) is 30.0 Å². The molecule has 0 saturated carbocycles. The number of carbonyl (C=O) groups excluding carboxylic acids is 1. The number of nitrogens with zero attached hydrogens (tertiary/aromatic N) is 1. The molecule has 2 aromatic carbocycles. The van der Waals surface area contributed by atoms with Crippen LogP contribution in [0.2, 0.25) is 0 Å². The van der Waals surface area contributed by atoms with Gasteiger partial charge in [-0.2, -0.15) is 0 Å². The number of hydrogen-bond acceptors (Lipinski definition) is 4. The van der Waals surface area contributed by atoms with Gasteiger partial charge in [0.15, 0.2) is 0 Å². The minimum absolute atomic E-state index is 0. The topological polar surface area (TPSA) is 72.8 Å². The molecule has 0 aliphatic carbocycles. The molecule has 5 nitrogen and oxygen atoms in total. The van der Waals surface area contributed by atoms with Gasteiger partial charge in [-0.3, -0.25) is 4.79 Å². The first-order chi connectivity index (χ1) is 12.5. The molecule has 2 aliphatic rings. The van der Waals surface area contributed by atoms with Crippen molar-refractivity contribution in [3.63, 3.8) is 0 Å². The highest BCUT2D eigenvalue weighted by Gasteiger charge is 2.43. The van der Waals surface area contributed by atoms with E-state index in [1.54, 1.807) is 12.1 Å². The number of hydrogen-bond donors (Lipinski definition) is 3. The molecule has 0 unspecified atom stereocenters. The minimum atomic E-state index is -0.620. The number of amides is 1. The molecule has 2 saturated heterocycles. The lowest BCUT2D eigenvalue weighted by Gasteiger charge is -2.47. The van der Waals surface area contributed by atoms with Crippen LogP contribution in [0.5, 0.6) is 5.75 Å². The predicted molar refractivity (Wildman–Crippen MR) is 107 cm³/mol. The summed E-state index contributed by atoms with van der Waals surface area (Å²) in [5.41, 5.74) is 2.05. The largest absolute Gasteiger partial charge is 0.508 e. The average Bonchev–Trinajstić information content (AvgIpc) is 2.67. The normalized spacial score (nSPS) is 24.6. The molecule has 2 fully saturated rings. The van der Waals surface area contributed by atoms with Gasteiger partial charge < -0.3 is 20.4 Å². The van der Waals surface area contributed by atoms with E-state index in [0.717, 1.165) is 30.6 Å². The van der Waals surface area contributed by atoms with Crippen LogP contribution >= 0.6 is 12.4 Å². The van der Waals surface area contributed by atoms with Crippen LogP contribution in [0.4, 0.5) is 0 Å². The fourth-order valence-corrected chi connectivity index (χ4v) is 4.05. The highest BCUT2D eigenvalue weighted by molar-refractivity contribution is 5.94. The Labute approximate surface area is 165 Å². The van der Waals surface area contributed by atoms with Gasteiger partial charge in [-0.15, -0.1) is 12.4 Å². The summed E-state index contributed by atoms with van der Waals surface area (Å²) in [7, 11) is 0. The molecular weight excluding hydrogens is 364 g/mol. The Morgan fingerprint density at radius 3 is 2.33 bits per heavy atom. The van der Waals surface area contributed by atoms with Gasteiger partial charge in [0.2, 0.25) is 0 Å². The van der Waals surface area contributed by atoms with Gasteiger partial charge in [-0.1, -0.05) is 24.3 Å². The zero-order chi connectivity index (χ0) is 18.1. The number of piperidine rings is 2. The maximum Gasteiger partial charge on any atom is 0.253 e. The molecule has 2 atom stereocenters. The molecule has 2 heterocycles. The van der Waals surface area contributed by atoms with Crippen LogP contribution in [0.3, 0.4) is 0 Å². The first-order valence-corrected chi connectivity index (χ1v) is 9.17.